The number of unbranched alkanes of at least 4 members (excludes halogenated alkanes) is 22. The molecule has 0 fully saturated rings. The Hall–Kier alpha value is 1.31. The first kappa shape index (κ1) is 41.3. The van der Waals surface area contributed by atoms with Crippen molar-refractivity contribution in [1.29, 1.82) is 0 Å². The molecule has 0 aromatic rings. The summed E-state index contributed by atoms with van der Waals surface area (Å²) in [5.41, 5.74) is -0.130. The van der Waals surface area contributed by atoms with Gasteiger partial charge in [0.05, 0.1) is 19.1 Å². The molecular formula is C34H71IO3P2. The van der Waals surface area contributed by atoms with Crippen LogP contribution >= 0.6 is 35.2 Å². The summed E-state index contributed by atoms with van der Waals surface area (Å²) in [6.07, 6.45) is 32.9. The molecular weight excluding hydrogens is 645 g/mol. The van der Waals surface area contributed by atoms with Gasteiger partial charge >= 0.3 is 7.60 Å². The molecule has 0 spiro atoms. The van der Waals surface area contributed by atoms with E-state index < -0.39 is 7.60 Å². The normalized spacial score (nSPS) is 13.2. The van der Waals surface area contributed by atoms with Crippen LogP contribution in [-0.4, -0.2) is 25.3 Å². The molecule has 0 saturated carbocycles. The molecule has 0 rings (SSSR count). The van der Waals surface area contributed by atoms with Crippen LogP contribution in [0.2, 0.25) is 0 Å². The molecule has 0 aromatic heterocycles. The van der Waals surface area contributed by atoms with Gasteiger partial charge in [-0.3, -0.25) is 4.57 Å². The van der Waals surface area contributed by atoms with Crippen molar-refractivity contribution in [2.45, 2.75) is 189 Å². The summed E-state index contributed by atoms with van der Waals surface area (Å²) >= 11 is 2.52. The van der Waals surface area contributed by atoms with Gasteiger partial charge in [0.15, 0.2) is 0 Å². The van der Waals surface area contributed by atoms with Gasteiger partial charge in [-0.2, -0.15) is 0 Å². The lowest BCUT2D eigenvalue weighted by Gasteiger charge is -2.26. The number of hydrogen-bond acceptors (Lipinski definition) is 3. The standard InChI is InChI=1S/C34H71IO3P2/c1-6-8-10-12-14-16-18-20-22-24-26-28-30-37-40(36,33-39(35)32-34(3,4)5)38-31-29-27-25-23-21-19-17-15-13-11-9-7-2/h6-33H2,1-5H3. The van der Waals surface area contributed by atoms with E-state index in [0.717, 1.165) is 19.0 Å². The zero-order valence-corrected chi connectivity index (χ0v) is 31.7. The van der Waals surface area contributed by atoms with Crippen LogP contribution in [0.3, 0.4) is 0 Å². The molecule has 0 aliphatic rings. The van der Waals surface area contributed by atoms with Crippen LogP contribution in [0, 0.1) is 5.41 Å². The fourth-order valence-electron chi connectivity index (χ4n) is 5.16. The Bertz CT molecular complexity index is 534. The molecule has 0 bridgehead atoms. The lowest BCUT2D eigenvalue weighted by Crippen LogP contribution is -2.10. The molecule has 0 heterocycles. The predicted molar refractivity (Wildman–Crippen MR) is 192 cm³/mol. The topological polar surface area (TPSA) is 35.5 Å². The highest BCUT2D eigenvalue weighted by molar-refractivity contribution is 14.2. The highest BCUT2D eigenvalue weighted by Crippen LogP contribution is 2.63. The average Bonchev–Trinajstić information content (AvgIpc) is 2.88. The van der Waals surface area contributed by atoms with Crippen molar-refractivity contribution in [2.24, 2.45) is 5.41 Å². The fourth-order valence-corrected chi connectivity index (χ4v) is 16.1. The van der Waals surface area contributed by atoms with Crippen molar-refractivity contribution >= 4 is 35.2 Å². The summed E-state index contributed by atoms with van der Waals surface area (Å²) in [6.45, 7) is 12.5. The SMILES string of the molecule is CCCCCCCCCCCCCCOP(=O)(CP(I)CC(C)(C)C)OCCCCCCCCCCCCCC. The Labute approximate surface area is 267 Å². The van der Waals surface area contributed by atoms with E-state index in [1.165, 1.54) is 141 Å². The average molecular weight is 717 g/mol. The van der Waals surface area contributed by atoms with Crippen LogP contribution in [0.4, 0.5) is 0 Å². The summed E-state index contributed by atoms with van der Waals surface area (Å²) in [5.74, 6) is 0.608. The minimum Gasteiger partial charge on any atom is -0.308 e. The maximum absolute atomic E-state index is 13.7. The maximum atomic E-state index is 13.7. The highest BCUT2D eigenvalue weighted by atomic mass is 127. The minimum absolute atomic E-state index is 0.253. The second-order valence-corrected chi connectivity index (χ2v) is 21.6. The van der Waals surface area contributed by atoms with Gasteiger partial charge in [0.2, 0.25) is 0 Å². The van der Waals surface area contributed by atoms with Crippen molar-refractivity contribution in [2.75, 3.05) is 25.3 Å². The van der Waals surface area contributed by atoms with Crippen LogP contribution in [-0.2, 0) is 13.6 Å². The van der Waals surface area contributed by atoms with Gasteiger partial charge in [-0.15, -0.1) is 0 Å². The highest BCUT2D eigenvalue weighted by Gasteiger charge is 2.30. The monoisotopic (exact) mass is 716 g/mol. The van der Waals surface area contributed by atoms with E-state index in [4.69, 9.17) is 9.05 Å². The van der Waals surface area contributed by atoms with Gasteiger partial charge in [-0.25, -0.2) is 0 Å². The summed E-state index contributed by atoms with van der Waals surface area (Å²) in [4.78, 5) is 0. The third-order valence-electron chi connectivity index (χ3n) is 7.54. The van der Waals surface area contributed by atoms with E-state index in [1.54, 1.807) is 0 Å². The quantitative estimate of drug-likeness (QED) is 0.0407. The second kappa shape index (κ2) is 29.0. The van der Waals surface area contributed by atoms with Gasteiger partial charge in [0.25, 0.3) is 0 Å². The lowest BCUT2D eigenvalue weighted by molar-refractivity contribution is 0.201. The predicted octanol–water partition coefficient (Wildman–Crippen LogP) is 14.5. The smallest absolute Gasteiger partial charge is 0.308 e. The summed E-state index contributed by atoms with van der Waals surface area (Å²) < 4.78 is 25.8. The molecule has 0 saturated heterocycles. The summed E-state index contributed by atoms with van der Waals surface area (Å²) in [5, 5.41) is 0. The number of hydrogen-bond donors (Lipinski definition) is 0. The van der Waals surface area contributed by atoms with Crippen LogP contribution in [0.15, 0.2) is 0 Å². The van der Waals surface area contributed by atoms with E-state index in [2.05, 4.69) is 56.7 Å². The molecule has 1 unspecified atom stereocenters. The van der Waals surface area contributed by atoms with Crippen molar-refractivity contribution in [3.8, 4) is 0 Å². The van der Waals surface area contributed by atoms with E-state index in [1.807, 2.05) is 0 Å². The molecule has 0 N–H and O–H groups in total. The molecule has 0 aliphatic carbocycles. The molecule has 0 aromatic carbocycles. The third-order valence-corrected chi connectivity index (χ3v) is 16.4. The molecule has 1 atom stereocenters. The Morgan fingerprint density at radius 2 is 0.800 bits per heavy atom. The summed E-state index contributed by atoms with van der Waals surface area (Å²) in [7, 11) is -3.00. The Morgan fingerprint density at radius 1 is 0.525 bits per heavy atom. The third kappa shape index (κ3) is 30.8. The first-order valence-electron chi connectivity index (χ1n) is 17.5. The van der Waals surface area contributed by atoms with Crippen molar-refractivity contribution in [1.82, 2.24) is 0 Å². The number of halogens is 1. The number of rotatable bonds is 31. The first-order chi connectivity index (χ1) is 19.2. The van der Waals surface area contributed by atoms with Gasteiger partial charge in [-0.1, -0.05) is 198 Å². The van der Waals surface area contributed by atoms with Crippen LogP contribution < -0.4 is 0 Å². The molecule has 0 radical (unpaired) electrons. The molecule has 6 heteroatoms. The lowest BCUT2D eigenvalue weighted by atomic mass is 10.0. The Balaban J connectivity index is 4.07. The molecule has 3 nitrogen and oxygen atoms in total. The molecule has 0 amide bonds. The van der Waals surface area contributed by atoms with Crippen LogP contribution in [0.25, 0.3) is 0 Å². The van der Waals surface area contributed by atoms with E-state index in [-0.39, 0.29) is 11.0 Å². The zero-order chi connectivity index (χ0) is 29.8. The minimum atomic E-state index is -3.00. The van der Waals surface area contributed by atoms with Crippen molar-refractivity contribution in [3.05, 3.63) is 0 Å². The zero-order valence-electron chi connectivity index (χ0n) is 27.8. The molecule has 40 heavy (non-hydrogen) atoms. The van der Waals surface area contributed by atoms with Gasteiger partial charge in [-0.05, 0) is 30.0 Å². The largest absolute Gasteiger partial charge is 0.335 e. The van der Waals surface area contributed by atoms with Gasteiger partial charge in [0.1, 0.15) is 0 Å². The van der Waals surface area contributed by atoms with Crippen LogP contribution in [0.5, 0.6) is 0 Å². The van der Waals surface area contributed by atoms with Gasteiger partial charge in [0, 0.05) is 0 Å². The van der Waals surface area contributed by atoms with Crippen molar-refractivity contribution in [3.63, 3.8) is 0 Å². The van der Waals surface area contributed by atoms with E-state index in [0.29, 0.717) is 19.1 Å². The maximum Gasteiger partial charge on any atom is 0.335 e. The molecule has 0 aliphatic heterocycles. The molecule has 242 valence electrons. The van der Waals surface area contributed by atoms with Crippen molar-refractivity contribution < 1.29 is 13.6 Å². The van der Waals surface area contributed by atoms with E-state index in [9.17, 15) is 4.57 Å². The Kier molecular flexibility index (Phi) is 30.0. The summed E-state index contributed by atoms with van der Waals surface area (Å²) in [6, 6.07) is 0. The van der Waals surface area contributed by atoms with Crippen LogP contribution in [0.1, 0.15) is 189 Å². The fraction of sp³-hybridized carbons (Fsp3) is 1.00. The second-order valence-electron chi connectivity index (χ2n) is 13.4. The Morgan fingerprint density at radius 3 is 1.07 bits per heavy atom. The van der Waals surface area contributed by atoms with Gasteiger partial charge < -0.3 is 9.05 Å². The first-order valence-corrected chi connectivity index (χ1v) is 23.7. The van der Waals surface area contributed by atoms with E-state index >= 15 is 0 Å².